The molecule has 0 spiro atoms. The van der Waals surface area contributed by atoms with Gasteiger partial charge < -0.3 is 33.8 Å². The van der Waals surface area contributed by atoms with Crippen LogP contribution in [0.25, 0.3) is 0 Å². The summed E-state index contributed by atoms with van der Waals surface area (Å²) in [5.41, 5.74) is 0. The van der Waals surface area contributed by atoms with Gasteiger partial charge in [0.25, 0.3) is 0 Å². The van der Waals surface area contributed by atoms with Gasteiger partial charge in [0.1, 0.15) is 19.3 Å². The van der Waals surface area contributed by atoms with E-state index < -0.39 is 97.5 Å². The second-order valence-electron chi connectivity index (χ2n) is 25.6. The Labute approximate surface area is 524 Å². The van der Waals surface area contributed by atoms with E-state index >= 15 is 0 Å². The molecule has 0 rings (SSSR count). The molecule has 0 radical (unpaired) electrons. The van der Waals surface area contributed by atoms with E-state index in [1.54, 1.807) is 0 Å². The Hall–Kier alpha value is -1.94. The van der Waals surface area contributed by atoms with Crippen LogP contribution in [0, 0.1) is 17.8 Å². The molecule has 0 saturated heterocycles. The minimum absolute atomic E-state index is 0.103. The number of rotatable bonds is 65. The van der Waals surface area contributed by atoms with Crippen LogP contribution in [-0.4, -0.2) is 96.7 Å². The molecule has 86 heavy (non-hydrogen) atoms. The van der Waals surface area contributed by atoms with E-state index in [4.69, 9.17) is 37.0 Å². The largest absolute Gasteiger partial charge is 0.472 e. The first-order chi connectivity index (χ1) is 41.2. The van der Waals surface area contributed by atoms with Crippen LogP contribution in [0.4, 0.5) is 0 Å². The first-order valence-corrected chi connectivity index (χ1v) is 37.8. The van der Waals surface area contributed by atoms with Crippen LogP contribution in [0.2, 0.25) is 0 Å². The molecule has 17 nitrogen and oxygen atoms in total. The Morgan fingerprint density at radius 3 is 0.791 bits per heavy atom. The van der Waals surface area contributed by atoms with E-state index in [2.05, 4.69) is 48.5 Å². The Kier molecular flexibility index (Phi) is 56.9. The fourth-order valence-electron chi connectivity index (χ4n) is 10.0. The van der Waals surface area contributed by atoms with Crippen LogP contribution >= 0.6 is 15.6 Å². The van der Waals surface area contributed by atoms with E-state index in [0.717, 1.165) is 102 Å². The lowest BCUT2D eigenvalue weighted by atomic mass is 10.0. The monoisotopic (exact) mass is 1270 g/mol. The second-order valence-corrected chi connectivity index (χ2v) is 28.5. The summed E-state index contributed by atoms with van der Waals surface area (Å²) in [4.78, 5) is 72.3. The highest BCUT2D eigenvalue weighted by molar-refractivity contribution is 7.47. The average Bonchev–Trinajstić information content (AvgIpc) is 3.53. The zero-order valence-electron chi connectivity index (χ0n) is 55.8. The van der Waals surface area contributed by atoms with Crippen molar-refractivity contribution in [3.05, 3.63) is 0 Å². The minimum Gasteiger partial charge on any atom is -0.462 e. The third-order valence-corrected chi connectivity index (χ3v) is 17.3. The molecular weight excluding hydrogens is 1140 g/mol. The topological polar surface area (TPSA) is 237 Å². The molecule has 2 unspecified atom stereocenters. The number of unbranched alkanes of at least 4 members (excludes halogenated alkanes) is 33. The Balaban J connectivity index is 5.24. The molecule has 510 valence electrons. The lowest BCUT2D eigenvalue weighted by molar-refractivity contribution is -0.161. The van der Waals surface area contributed by atoms with E-state index in [0.29, 0.717) is 31.6 Å². The van der Waals surface area contributed by atoms with Gasteiger partial charge in [0, 0.05) is 25.7 Å². The minimum atomic E-state index is -4.95. The summed E-state index contributed by atoms with van der Waals surface area (Å²) in [6.07, 6.45) is 40.4. The third-order valence-electron chi connectivity index (χ3n) is 15.4. The van der Waals surface area contributed by atoms with Crippen molar-refractivity contribution in [2.75, 3.05) is 39.6 Å². The van der Waals surface area contributed by atoms with Gasteiger partial charge in [-0.3, -0.25) is 37.3 Å². The molecule has 19 heteroatoms. The molecule has 0 fully saturated rings. The predicted octanol–water partition coefficient (Wildman–Crippen LogP) is 18.7. The van der Waals surface area contributed by atoms with Crippen LogP contribution in [-0.2, 0) is 65.4 Å². The molecule has 0 aromatic carbocycles. The molecule has 0 bridgehead atoms. The first kappa shape index (κ1) is 84.1. The fourth-order valence-corrected chi connectivity index (χ4v) is 11.6. The van der Waals surface area contributed by atoms with Gasteiger partial charge in [0.05, 0.1) is 26.4 Å². The number of hydrogen-bond donors (Lipinski definition) is 3. The van der Waals surface area contributed by atoms with Crippen molar-refractivity contribution in [1.29, 1.82) is 0 Å². The molecule has 0 heterocycles. The van der Waals surface area contributed by atoms with E-state index in [1.807, 2.05) is 0 Å². The van der Waals surface area contributed by atoms with E-state index in [-0.39, 0.29) is 25.7 Å². The molecule has 0 aromatic heterocycles. The maximum atomic E-state index is 13.0. The SMILES string of the molecule is CCCCCCCCCCCCC(=O)OC[C@H](COP(=O)(O)OC[C@H](O)COP(=O)(O)OC[C@@H](COC(=O)CCCCCCCCCCC(C)C)OC(=O)CCCCCCCCCCCCCCC(C)C)OC(=O)CCCCCCCCCC(C)C. The summed E-state index contributed by atoms with van der Waals surface area (Å²) in [5, 5.41) is 10.6. The normalized spacial score (nSPS) is 14.3. The smallest absolute Gasteiger partial charge is 0.462 e. The summed E-state index contributed by atoms with van der Waals surface area (Å²) in [6.45, 7) is 11.7. The molecule has 0 aliphatic carbocycles. The molecule has 3 N–H and O–H groups in total. The van der Waals surface area contributed by atoms with Crippen molar-refractivity contribution in [3.8, 4) is 0 Å². The van der Waals surface area contributed by atoms with Crippen LogP contribution in [0.15, 0.2) is 0 Å². The number of carbonyl (C=O) groups excluding carboxylic acids is 4. The second kappa shape index (κ2) is 58.2. The van der Waals surface area contributed by atoms with Gasteiger partial charge >= 0.3 is 39.5 Å². The highest BCUT2D eigenvalue weighted by Gasteiger charge is 2.30. The number of aliphatic hydroxyl groups excluding tert-OH is 1. The average molecular weight is 1270 g/mol. The van der Waals surface area contributed by atoms with Crippen molar-refractivity contribution in [1.82, 2.24) is 0 Å². The van der Waals surface area contributed by atoms with Crippen molar-refractivity contribution in [2.24, 2.45) is 17.8 Å². The highest BCUT2D eigenvalue weighted by Crippen LogP contribution is 2.45. The van der Waals surface area contributed by atoms with Crippen LogP contribution < -0.4 is 0 Å². The number of esters is 4. The Morgan fingerprint density at radius 1 is 0.314 bits per heavy atom. The molecule has 0 aromatic rings. The molecule has 0 aliphatic rings. The maximum absolute atomic E-state index is 13.0. The number of ether oxygens (including phenoxy) is 4. The van der Waals surface area contributed by atoms with Crippen LogP contribution in [0.5, 0.6) is 0 Å². The van der Waals surface area contributed by atoms with Gasteiger partial charge in [-0.05, 0) is 43.4 Å². The third kappa shape index (κ3) is 60.9. The van der Waals surface area contributed by atoms with Gasteiger partial charge in [-0.2, -0.15) is 0 Å². The number of aliphatic hydroxyl groups is 1. The lowest BCUT2D eigenvalue weighted by Crippen LogP contribution is -2.30. The van der Waals surface area contributed by atoms with Crippen molar-refractivity contribution in [2.45, 2.75) is 349 Å². The Bertz CT molecular complexity index is 1700. The molecule has 0 aliphatic heterocycles. The standard InChI is InChI=1S/C67H130O17P2/c1-8-9-10-11-12-13-19-27-34-41-48-64(69)77-55-63(84-67(72)51-44-37-30-23-26-33-40-47-60(6)7)57-82-86(75,76)80-53-61(68)52-79-85(73,74)81-56-62(54-78-65(70)49-42-35-28-22-21-25-32-39-46-59(4)5)83-66(71)50-43-36-29-20-17-15-14-16-18-24-31-38-45-58(2)3/h58-63,68H,8-57H2,1-7H3,(H,73,74)(H,75,76)/t61-,62-,63-/m1/s1. The lowest BCUT2D eigenvalue weighted by Gasteiger charge is -2.21. The van der Waals surface area contributed by atoms with Gasteiger partial charge in [-0.1, -0.05) is 280 Å². The van der Waals surface area contributed by atoms with E-state index in [1.165, 1.54) is 141 Å². The molecule has 0 amide bonds. The van der Waals surface area contributed by atoms with E-state index in [9.17, 15) is 43.2 Å². The zero-order chi connectivity index (χ0) is 63.8. The predicted molar refractivity (Wildman–Crippen MR) is 344 cm³/mol. The summed E-state index contributed by atoms with van der Waals surface area (Å²) in [5.74, 6) is 0.0657. The number of phosphoric ester groups is 2. The highest BCUT2D eigenvalue weighted by atomic mass is 31.2. The fraction of sp³-hybridized carbons (Fsp3) is 0.940. The summed E-state index contributed by atoms with van der Waals surface area (Å²) in [6, 6.07) is 0. The van der Waals surface area contributed by atoms with Gasteiger partial charge in [0.15, 0.2) is 12.2 Å². The van der Waals surface area contributed by atoms with Crippen molar-refractivity contribution in [3.63, 3.8) is 0 Å². The zero-order valence-corrected chi connectivity index (χ0v) is 57.6. The van der Waals surface area contributed by atoms with Gasteiger partial charge in [-0.15, -0.1) is 0 Å². The quantitative estimate of drug-likeness (QED) is 0.0222. The first-order valence-electron chi connectivity index (χ1n) is 34.8. The molecule has 0 saturated carbocycles. The van der Waals surface area contributed by atoms with Crippen LogP contribution in [0.3, 0.4) is 0 Å². The Morgan fingerprint density at radius 2 is 0.535 bits per heavy atom. The molecular formula is C67H130O17P2. The van der Waals surface area contributed by atoms with Crippen molar-refractivity contribution < 1.29 is 80.2 Å². The summed E-state index contributed by atoms with van der Waals surface area (Å²) in [7, 11) is -9.89. The van der Waals surface area contributed by atoms with Gasteiger partial charge in [0.2, 0.25) is 0 Å². The summed E-state index contributed by atoms with van der Waals surface area (Å²) < 4.78 is 68.1. The maximum Gasteiger partial charge on any atom is 0.472 e. The van der Waals surface area contributed by atoms with Gasteiger partial charge in [-0.25, -0.2) is 9.13 Å². The van der Waals surface area contributed by atoms with Crippen LogP contribution in [0.1, 0.15) is 331 Å². The summed E-state index contributed by atoms with van der Waals surface area (Å²) >= 11 is 0. The molecule has 5 atom stereocenters. The number of carbonyl (C=O) groups is 4. The van der Waals surface area contributed by atoms with Crippen molar-refractivity contribution >= 4 is 39.5 Å². The number of phosphoric acid groups is 2. The number of hydrogen-bond acceptors (Lipinski definition) is 15.